The lowest BCUT2D eigenvalue weighted by molar-refractivity contribution is 0.00545. The molecule has 3 aliphatic rings. The van der Waals surface area contributed by atoms with Crippen molar-refractivity contribution in [3.05, 3.63) is 11.9 Å². The molecule has 1 aromatic heterocycles. The Hall–Kier alpha value is -1.61. The van der Waals surface area contributed by atoms with Gasteiger partial charge in [0, 0.05) is 31.6 Å². The van der Waals surface area contributed by atoms with Crippen LogP contribution >= 0.6 is 0 Å². The highest BCUT2D eigenvalue weighted by Crippen LogP contribution is 2.37. The minimum atomic E-state index is -2.66. The van der Waals surface area contributed by atoms with Crippen LogP contribution in [0.4, 0.5) is 8.78 Å². The summed E-state index contributed by atoms with van der Waals surface area (Å²) >= 11 is 0. The molecule has 3 heterocycles. The van der Waals surface area contributed by atoms with E-state index in [0.717, 1.165) is 25.7 Å². The fourth-order valence-electron chi connectivity index (χ4n) is 4.56. The average Bonchev–Trinajstić information content (AvgIpc) is 3.26. The first-order chi connectivity index (χ1) is 13.0. The number of carbonyl (C=O) groups excluding carboxylic acids is 1. The predicted octanol–water partition coefficient (Wildman–Crippen LogP) is 1.79. The predicted molar refractivity (Wildman–Crippen MR) is 93.7 cm³/mol. The highest BCUT2D eigenvalue weighted by atomic mass is 19.3. The number of halogens is 2. The number of morpholine rings is 1. The normalized spacial score (nSPS) is 27.2. The Bertz CT molecular complexity index is 656. The van der Waals surface area contributed by atoms with E-state index in [4.69, 9.17) is 4.74 Å². The molecule has 27 heavy (non-hydrogen) atoms. The molecule has 0 aromatic carbocycles. The summed E-state index contributed by atoms with van der Waals surface area (Å²) in [4.78, 5) is 16.2. The number of alkyl halides is 2. The third-order valence-corrected chi connectivity index (χ3v) is 5.91. The molecule has 0 radical (unpaired) electrons. The Balaban J connectivity index is 1.42. The van der Waals surface area contributed by atoms with Gasteiger partial charge in [0.2, 0.25) is 0 Å². The van der Waals surface area contributed by atoms with Crippen molar-refractivity contribution < 1.29 is 18.3 Å². The standard InChI is InChI=1S/C18H27F2N5O2/c19-18(20)10-15(25(13-18)14-4-2-1-3-5-14)11-24-12-16(21-22-24)17(26)23-6-8-27-9-7-23/h12,14-15H,1-11,13H2/t15-/m0/s1. The molecule has 9 heteroatoms. The van der Waals surface area contributed by atoms with Crippen molar-refractivity contribution in [3.8, 4) is 0 Å². The van der Waals surface area contributed by atoms with E-state index in [9.17, 15) is 13.6 Å². The van der Waals surface area contributed by atoms with Crippen molar-refractivity contribution in [2.45, 2.75) is 63.1 Å². The molecule has 4 rings (SSSR count). The average molecular weight is 383 g/mol. The molecule has 2 saturated heterocycles. The fourth-order valence-corrected chi connectivity index (χ4v) is 4.56. The van der Waals surface area contributed by atoms with E-state index >= 15 is 0 Å². The van der Waals surface area contributed by atoms with Gasteiger partial charge in [0.1, 0.15) is 0 Å². The molecule has 1 saturated carbocycles. The number of nitrogens with zero attached hydrogens (tertiary/aromatic N) is 5. The molecule has 1 amide bonds. The van der Waals surface area contributed by atoms with Crippen LogP contribution in [0.25, 0.3) is 0 Å². The molecular formula is C18H27F2N5O2. The minimum Gasteiger partial charge on any atom is -0.378 e. The number of likely N-dealkylation sites (tertiary alicyclic amines) is 1. The van der Waals surface area contributed by atoms with Gasteiger partial charge >= 0.3 is 0 Å². The zero-order valence-electron chi connectivity index (χ0n) is 15.5. The van der Waals surface area contributed by atoms with Gasteiger partial charge in [0.25, 0.3) is 11.8 Å². The summed E-state index contributed by atoms with van der Waals surface area (Å²) in [5, 5.41) is 8.02. The van der Waals surface area contributed by atoms with E-state index in [1.165, 1.54) is 6.42 Å². The number of amides is 1. The summed E-state index contributed by atoms with van der Waals surface area (Å²) in [7, 11) is 0. The summed E-state index contributed by atoms with van der Waals surface area (Å²) in [6.45, 7) is 2.29. The number of hydrogen-bond acceptors (Lipinski definition) is 5. The third-order valence-electron chi connectivity index (χ3n) is 5.91. The van der Waals surface area contributed by atoms with E-state index < -0.39 is 5.92 Å². The van der Waals surface area contributed by atoms with Gasteiger partial charge in [-0.1, -0.05) is 24.5 Å². The largest absolute Gasteiger partial charge is 0.378 e. The summed E-state index contributed by atoms with van der Waals surface area (Å²) < 4.78 is 35.0. The fraction of sp³-hybridized carbons (Fsp3) is 0.833. The Morgan fingerprint density at radius 1 is 1.22 bits per heavy atom. The zero-order chi connectivity index (χ0) is 18.9. The zero-order valence-corrected chi connectivity index (χ0v) is 15.5. The van der Waals surface area contributed by atoms with Crippen LogP contribution in [0.5, 0.6) is 0 Å². The summed E-state index contributed by atoms with van der Waals surface area (Å²) in [5.41, 5.74) is 0.269. The van der Waals surface area contributed by atoms with Gasteiger partial charge in [0.15, 0.2) is 5.69 Å². The monoisotopic (exact) mass is 383 g/mol. The number of ether oxygens (including phenoxy) is 1. The lowest BCUT2D eigenvalue weighted by atomic mass is 9.94. The van der Waals surface area contributed by atoms with Crippen LogP contribution < -0.4 is 0 Å². The molecule has 0 unspecified atom stereocenters. The molecule has 1 atom stereocenters. The highest BCUT2D eigenvalue weighted by Gasteiger charge is 2.47. The van der Waals surface area contributed by atoms with Crippen LogP contribution in [0, 0.1) is 0 Å². The van der Waals surface area contributed by atoms with Crippen molar-refractivity contribution in [1.82, 2.24) is 24.8 Å². The number of aromatic nitrogens is 3. The number of carbonyl (C=O) groups is 1. The first-order valence-corrected chi connectivity index (χ1v) is 9.92. The summed E-state index contributed by atoms with van der Waals surface area (Å²) in [5.74, 6) is -2.83. The van der Waals surface area contributed by atoms with Crippen molar-refractivity contribution in [2.24, 2.45) is 0 Å². The third kappa shape index (κ3) is 4.29. The maximum atomic E-state index is 14.1. The molecule has 3 fully saturated rings. The molecule has 0 spiro atoms. The molecule has 1 aromatic rings. The summed E-state index contributed by atoms with van der Waals surface area (Å²) in [6, 6.07) is -0.0359. The lowest BCUT2D eigenvalue weighted by Crippen LogP contribution is -2.42. The van der Waals surface area contributed by atoms with E-state index in [1.54, 1.807) is 15.8 Å². The van der Waals surface area contributed by atoms with Crippen molar-refractivity contribution in [3.63, 3.8) is 0 Å². The molecule has 0 N–H and O–H groups in total. The van der Waals surface area contributed by atoms with Gasteiger partial charge in [-0.05, 0) is 12.8 Å². The second-order valence-electron chi connectivity index (χ2n) is 7.91. The van der Waals surface area contributed by atoms with E-state index in [0.29, 0.717) is 32.8 Å². The van der Waals surface area contributed by atoms with Crippen LogP contribution in [0.1, 0.15) is 49.0 Å². The second kappa shape index (κ2) is 7.79. The number of rotatable bonds is 4. The quantitative estimate of drug-likeness (QED) is 0.793. The van der Waals surface area contributed by atoms with E-state index in [1.807, 2.05) is 4.90 Å². The van der Waals surface area contributed by atoms with Gasteiger partial charge in [-0.3, -0.25) is 14.4 Å². The SMILES string of the molecule is O=C(c1cn(C[C@@H]2CC(F)(F)CN2C2CCCCC2)nn1)N1CCOCC1. The van der Waals surface area contributed by atoms with Crippen molar-refractivity contribution in [2.75, 3.05) is 32.8 Å². The van der Waals surface area contributed by atoms with E-state index in [-0.39, 0.29) is 36.7 Å². The Morgan fingerprint density at radius 2 is 1.96 bits per heavy atom. The van der Waals surface area contributed by atoms with Crippen LogP contribution in [0.2, 0.25) is 0 Å². The Kier molecular flexibility index (Phi) is 5.41. The van der Waals surface area contributed by atoms with E-state index in [2.05, 4.69) is 10.3 Å². The van der Waals surface area contributed by atoms with Crippen LogP contribution in [-0.2, 0) is 11.3 Å². The Labute approximate surface area is 157 Å². The smallest absolute Gasteiger partial charge is 0.276 e. The second-order valence-corrected chi connectivity index (χ2v) is 7.91. The molecule has 0 bridgehead atoms. The van der Waals surface area contributed by atoms with Crippen LogP contribution in [-0.4, -0.2) is 81.6 Å². The molecular weight excluding hydrogens is 356 g/mol. The molecule has 2 aliphatic heterocycles. The number of hydrogen-bond donors (Lipinski definition) is 0. The molecule has 150 valence electrons. The molecule has 1 aliphatic carbocycles. The first-order valence-electron chi connectivity index (χ1n) is 9.92. The highest BCUT2D eigenvalue weighted by molar-refractivity contribution is 5.91. The first kappa shape index (κ1) is 18.7. The van der Waals surface area contributed by atoms with Gasteiger partial charge in [-0.25, -0.2) is 8.78 Å². The maximum absolute atomic E-state index is 14.1. The maximum Gasteiger partial charge on any atom is 0.276 e. The van der Waals surface area contributed by atoms with Gasteiger partial charge in [-0.2, -0.15) is 0 Å². The van der Waals surface area contributed by atoms with Crippen molar-refractivity contribution >= 4 is 5.91 Å². The van der Waals surface area contributed by atoms with Crippen LogP contribution in [0.3, 0.4) is 0 Å². The van der Waals surface area contributed by atoms with Gasteiger partial charge in [-0.15, -0.1) is 5.10 Å². The van der Waals surface area contributed by atoms with Crippen molar-refractivity contribution in [1.29, 1.82) is 0 Å². The van der Waals surface area contributed by atoms with Gasteiger partial charge in [0.05, 0.1) is 32.5 Å². The van der Waals surface area contributed by atoms with Gasteiger partial charge < -0.3 is 9.64 Å². The lowest BCUT2D eigenvalue weighted by Gasteiger charge is -2.35. The topological polar surface area (TPSA) is 63.5 Å². The molecule has 7 nitrogen and oxygen atoms in total. The minimum absolute atomic E-state index is 0.157. The summed E-state index contributed by atoms with van der Waals surface area (Å²) in [6.07, 6.45) is 6.84. The Morgan fingerprint density at radius 3 is 2.70 bits per heavy atom. The van der Waals surface area contributed by atoms with Crippen LogP contribution in [0.15, 0.2) is 6.20 Å².